The van der Waals surface area contributed by atoms with E-state index in [-0.39, 0.29) is 11.7 Å². The molecular weight excluding hydrogens is 245 g/mol. The van der Waals surface area contributed by atoms with Gasteiger partial charge >= 0.3 is 0 Å². The van der Waals surface area contributed by atoms with Crippen molar-refractivity contribution in [3.63, 3.8) is 0 Å². The van der Waals surface area contributed by atoms with Crippen molar-refractivity contribution in [3.8, 4) is 0 Å². The van der Waals surface area contributed by atoms with E-state index in [2.05, 4.69) is 5.16 Å². The van der Waals surface area contributed by atoms with Crippen molar-refractivity contribution in [2.45, 2.75) is 13.0 Å². The standard InChI is InChI=1S/C11H15ClFN3O/c1-16(5-4-11(14)15-17)7-8-2-3-9(13)6-10(8)12/h2-3,6,17H,4-5,7H2,1H3,(H2,14,15). The summed E-state index contributed by atoms with van der Waals surface area (Å²) in [6.45, 7) is 1.21. The number of halogens is 2. The Morgan fingerprint density at radius 2 is 2.29 bits per heavy atom. The van der Waals surface area contributed by atoms with Crippen molar-refractivity contribution >= 4 is 17.4 Å². The van der Waals surface area contributed by atoms with Crippen LogP contribution < -0.4 is 5.73 Å². The van der Waals surface area contributed by atoms with Crippen molar-refractivity contribution in [3.05, 3.63) is 34.6 Å². The molecule has 17 heavy (non-hydrogen) atoms. The third-order valence-electron chi connectivity index (χ3n) is 2.33. The smallest absolute Gasteiger partial charge is 0.140 e. The molecule has 4 nitrogen and oxygen atoms in total. The van der Waals surface area contributed by atoms with E-state index < -0.39 is 0 Å². The van der Waals surface area contributed by atoms with E-state index in [9.17, 15) is 4.39 Å². The number of benzene rings is 1. The van der Waals surface area contributed by atoms with Crippen molar-refractivity contribution in [2.75, 3.05) is 13.6 Å². The van der Waals surface area contributed by atoms with Gasteiger partial charge in [-0.3, -0.25) is 0 Å². The van der Waals surface area contributed by atoms with Crippen molar-refractivity contribution in [1.29, 1.82) is 0 Å². The van der Waals surface area contributed by atoms with E-state index in [1.165, 1.54) is 12.1 Å². The van der Waals surface area contributed by atoms with Gasteiger partial charge in [0.25, 0.3) is 0 Å². The van der Waals surface area contributed by atoms with Gasteiger partial charge in [-0.1, -0.05) is 22.8 Å². The number of hydrogen-bond acceptors (Lipinski definition) is 3. The molecule has 3 N–H and O–H groups in total. The minimum absolute atomic E-state index is 0.182. The Bertz CT molecular complexity index is 412. The third kappa shape index (κ3) is 4.58. The summed E-state index contributed by atoms with van der Waals surface area (Å²) in [4.78, 5) is 1.96. The van der Waals surface area contributed by atoms with Gasteiger partial charge < -0.3 is 15.8 Å². The molecule has 0 saturated carbocycles. The Kier molecular flexibility index (Phi) is 5.18. The monoisotopic (exact) mass is 259 g/mol. The van der Waals surface area contributed by atoms with E-state index in [1.54, 1.807) is 6.07 Å². The van der Waals surface area contributed by atoms with Crippen LogP contribution in [0.2, 0.25) is 5.02 Å². The van der Waals surface area contributed by atoms with Crippen LogP contribution >= 0.6 is 11.6 Å². The molecule has 94 valence electrons. The van der Waals surface area contributed by atoms with Crippen LogP contribution in [0.25, 0.3) is 0 Å². The molecule has 0 aliphatic carbocycles. The molecule has 0 aromatic heterocycles. The summed E-state index contributed by atoms with van der Waals surface area (Å²) in [6.07, 6.45) is 0.464. The van der Waals surface area contributed by atoms with E-state index in [1.807, 2.05) is 11.9 Å². The largest absolute Gasteiger partial charge is 0.409 e. The highest BCUT2D eigenvalue weighted by Crippen LogP contribution is 2.18. The Hall–Kier alpha value is -1.33. The SMILES string of the molecule is CN(CC/C(N)=N/O)Cc1ccc(F)cc1Cl. The zero-order chi connectivity index (χ0) is 12.8. The van der Waals surface area contributed by atoms with E-state index in [0.717, 1.165) is 5.56 Å². The second kappa shape index (κ2) is 6.42. The van der Waals surface area contributed by atoms with Gasteiger partial charge in [-0.25, -0.2) is 4.39 Å². The lowest BCUT2D eigenvalue weighted by molar-refractivity contribution is 0.309. The summed E-state index contributed by atoms with van der Waals surface area (Å²) in [5, 5.41) is 11.7. The highest BCUT2D eigenvalue weighted by atomic mass is 35.5. The molecule has 0 heterocycles. The van der Waals surface area contributed by atoms with Gasteiger partial charge in [0.05, 0.1) is 0 Å². The topological polar surface area (TPSA) is 61.8 Å². The Labute approximate surface area is 104 Å². The van der Waals surface area contributed by atoms with Gasteiger partial charge in [0.1, 0.15) is 11.7 Å². The molecular formula is C11H15ClFN3O. The molecule has 1 rings (SSSR count). The van der Waals surface area contributed by atoms with Crippen LogP contribution in [0.15, 0.2) is 23.4 Å². The fourth-order valence-corrected chi connectivity index (χ4v) is 1.60. The summed E-state index contributed by atoms with van der Waals surface area (Å²) in [5.74, 6) is -0.167. The predicted octanol–water partition coefficient (Wildman–Crippen LogP) is 2.05. The molecule has 0 saturated heterocycles. The molecule has 0 aliphatic heterocycles. The first-order valence-corrected chi connectivity index (χ1v) is 5.49. The van der Waals surface area contributed by atoms with Crippen LogP contribution in [0.3, 0.4) is 0 Å². The first kappa shape index (κ1) is 13.7. The van der Waals surface area contributed by atoms with Crippen LogP contribution in [0, 0.1) is 5.82 Å². The summed E-state index contributed by atoms with van der Waals surface area (Å²) in [5.41, 5.74) is 6.20. The van der Waals surface area contributed by atoms with Gasteiger partial charge in [-0.15, -0.1) is 0 Å². The van der Waals surface area contributed by atoms with Gasteiger partial charge in [-0.05, 0) is 24.7 Å². The minimum Gasteiger partial charge on any atom is -0.409 e. The molecule has 0 atom stereocenters. The Morgan fingerprint density at radius 3 is 2.88 bits per heavy atom. The van der Waals surface area contributed by atoms with Crippen molar-refractivity contribution in [2.24, 2.45) is 10.9 Å². The first-order valence-electron chi connectivity index (χ1n) is 5.12. The Balaban J connectivity index is 2.53. The van der Waals surface area contributed by atoms with Crippen LogP contribution in [-0.2, 0) is 6.54 Å². The summed E-state index contributed by atoms with van der Waals surface area (Å²) >= 11 is 5.91. The number of amidine groups is 1. The summed E-state index contributed by atoms with van der Waals surface area (Å²) < 4.78 is 12.8. The average Bonchev–Trinajstić information content (AvgIpc) is 2.29. The minimum atomic E-state index is -0.349. The molecule has 0 bridgehead atoms. The molecule has 0 aliphatic rings. The molecule has 0 unspecified atom stereocenters. The second-order valence-electron chi connectivity index (χ2n) is 3.81. The lowest BCUT2D eigenvalue weighted by atomic mass is 10.2. The molecule has 1 aromatic rings. The van der Waals surface area contributed by atoms with Crippen LogP contribution in [0.4, 0.5) is 4.39 Å². The summed E-state index contributed by atoms with van der Waals surface area (Å²) in [7, 11) is 1.88. The molecule has 6 heteroatoms. The van der Waals surface area contributed by atoms with E-state index in [4.69, 9.17) is 22.5 Å². The molecule has 0 spiro atoms. The fraction of sp³-hybridized carbons (Fsp3) is 0.364. The van der Waals surface area contributed by atoms with Crippen molar-refractivity contribution < 1.29 is 9.60 Å². The van der Waals surface area contributed by atoms with Crippen LogP contribution in [-0.4, -0.2) is 29.5 Å². The van der Waals surface area contributed by atoms with Gasteiger partial charge in [0.15, 0.2) is 0 Å². The number of nitrogens with zero attached hydrogens (tertiary/aromatic N) is 2. The van der Waals surface area contributed by atoms with Crippen LogP contribution in [0.5, 0.6) is 0 Å². The Morgan fingerprint density at radius 1 is 1.59 bits per heavy atom. The number of hydrogen-bond donors (Lipinski definition) is 2. The van der Waals surface area contributed by atoms with Crippen LogP contribution in [0.1, 0.15) is 12.0 Å². The first-order chi connectivity index (χ1) is 8.02. The van der Waals surface area contributed by atoms with Gasteiger partial charge in [0.2, 0.25) is 0 Å². The molecule has 1 aromatic carbocycles. The maximum atomic E-state index is 12.8. The van der Waals surface area contributed by atoms with E-state index >= 15 is 0 Å². The molecule has 0 radical (unpaired) electrons. The fourth-order valence-electron chi connectivity index (χ4n) is 1.38. The maximum absolute atomic E-state index is 12.8. The summed E-state index contributed by atoms with van der Waals surface area (Å²) in [6, 6.07) is 4.31. The third-order valence-corrected chi connectivity index (χ3v) is 2.69. The van der Waals surface area contributed by atoms with Crippen molar-refractivity contribution in [1.82, 2.24) is 4.90 Å². The number of nitrogens with two attached hydrogens (primary N) is 1. The molecule has 0 fully saturated rings. The highest BCUT2D eigenvalue weighted by Gasteiger charge is 2.06. The predicted molar refractivity (Wildman–Crippen MR) is 65.8 cm³/mol. The lowest BCUT2D eigenvalue weighted by Crippen LogP contribution is -2.24. The zero-order valence-electron chi connectivity index (χ0n) is 9.53. The lowest BCUT2D eigenvalue weighted by Gasteiger charge is -2.16. The zero-order valence-corrected chi connectivity index (χ0v) is 10.3. The van der Waals surface area contributed by atoms with Gasteiger partial charge in [-0.2, -0.15) is 0 Å². The molecule has 0 amide bonds. The number of rotatable bonds is 5. The normalized spacial score (nSPS) is 12.1. The van der Waals surface area contributed by atoms with E-state index in [0.29, 0.717) is 24.5 Å². The number of oxime groups is 1. The quantitative estimate of drug-likeness (QED) is 0.368. The van der Waals surface area contributed by atoms with Gasteiger partial charge in [0, 0.05) is 24.5 Å². The highest BCUT2D eigenvalue weighted by molar-refractivity contribution is 6.31. The second-order valence-corrected chi connectivity index (χ2v) is 4.22. The average molecular weight is 260 g/mol. The maximum Gasteiger partial charge on any atom is 0.140 e.